The van der Waals surface area contributed by atoms with Crippen LogP contribution in [0.25, 0.3) is 11.0 Å². The highest BCUT2D eigenvalue weighted by Crippen LogP contribution is 2.35. The maximum Gasteiger partial charge on any atom is 0.270 e. The van der Waals surface area contributed by atoms with Gasteiger partial charge in [-0.25, -0.2) is 9.37 Å². The third kappa shape index (κ3) is 5.25. The second kappa shape index (κ2) is 11.6. The van der Waals surface area contributed by atoms with E-state index in [1.165, 1.54) is 10.6 Å². The molecule has 1 aliphatic heterocycles. The summed E-state index contributed by atoms with van der Waals surface area (Å²) in [4.78, 5) is 21.9. The van der Waals surface area contributed by atoms with Gasteiger partial charge in [-0.1, -0.05) is 0 Å². The number of benzene rings is 1. The summed E-state index contributed by atoms with van der Waals surface area (Å²) in [5, 5.41) is 19.4. The Morgan fingerprint density at radius 2 is 1.85 bits per heavy atom. The highest BCUT2D eigenvalue weighted by atomic mass is 19.1. The van der Waals surface area contributed by atoms with E-state index in [1.807, 2.05) is 24.9 Å². The van der Waals surface area contributed by atoms with E-state index in [4.69, 9.17) is 9.47 Å². The molecule has 10 heteroatoms. The van der Waals surface area contributed by atoms with Crippen molar-refractivity contribution in [1.82, 2.24) is 9.55 Å². The number of fused-ring (bicyclic) bond motifs is 1. The number of halogens is 1. The molecule has 2 aromatic heterocycles. The van der Waals surface area contributed by atoms with Gasteiger partial charge in [0.05, 0.1) is 37.1 Å². The molecule has 0 bridgehead atoms. The van der Waals surface area contributed by atoms with E-state index in [-0.39, 0.29) is 40.8 Å². The zero-order valence-corrected chi connectivity index (χ0v) is 23.1. The van der Waals surface area contributed by atoms with Crippen molar-refractivity contribution in [2.24, 2.45) is 7.05 Å². The van der Waals surface area contributed by atoms with E-state index in [0.29, 0.717) is 43.1 Å². The highest BCUT2D eigenvalue weighted by molar-refractivity contribution is 5.92. The highest BCUT2D eigenvalue weighted by Gasteiger charge is 2.33. The summed E-state index contributed by atoms with van der Waals surface area (Å²) in [5.74, 6) is -0.258. The maximum absolute atomic E-state index is 13.9. The molecule has 9 nitrogen and oxygen atoms in total. The molecule has 0 N–H and O–H groups in total. The minimum Gasteiger partial charge on any atom is -0.376 e. The van der Waals surface area contributed by atoms with Gasteiger partial charge in [-0.05, 0) is 68.5 Å². The van der Waals surface area contributed by atoms with Crippen LogP contribution >= 0.6 is 0 Å². The van der Waals surface area contributed by atoms with Gasteiger partial charge in [0.25, 0.3) is 5.56 Å². The average molecular weight is 545 g/mol. The number of rotatable bonds is 6. The van der Waals surface area contributed by atoms with Crippen LogP contribution in [0.2, 0.25) is 0 Å². The fourth-order valence-electron chi connectivity index (χ4n) is 6.09. The molecule has 208 valence electrons. The lowest BCUT2D eigenvalue weighted by atomic mass is 9.88. The van der Waals surface area contributed by atoms with Gasteiger partial charge in [-0.15, -0.1) is 0 Å². The Hall–Kier alpha value is -3.99. The summed E-state index contributed by atoms with van der Waals surface area (Å²) in [7, 11) is 3.51. The van der Waals surface area contributed by atoms with Gasteiger partial charge in [0.15, 0.2) is 0 Å². The fourth-order valence-corrected chi connectivity index (χ4v) is 6.09. The number of nitriles is 2. The van der Waals surface area contributed by atoms with E-state index in [1.54, 1.807) is 25.2 Å². The molecule has 2 aliphatic rings. The maximum atomic E-state index is 13.9. The third-order valence-electron chi connectivity index (χ3n) is 8.20. The van der Waals surface area contributed by atoms with Gasteiger partial charge in [-0.2, -0.15) is 10.5 Å². The quantitative estimate of drug-likeness (QED) is 0.461. The fraction of sp³-hybridized carbons (Fsp3) is 0.467. The summed E-state index contributed by atoms with van der Waals surface area (Å²) in [6.07, 6.45) is 3.30. The molecule has 40 heavy (non-hydrogen) atoms. The summed E-state index contributed by atoms with van der Waals surface area (Å²) < 4.78 is 27.0. The van der Waals surface area contributed by atoms with Gasteiger partial charge < -0.3 is 23.8 Å². The first-order chi connectivity index (χ1) is 19.3. The number of aryl methyl sites for hydroxylation is 2. The molecule has 3 aromatic rings. The van der Waals surface area contributed by atoms with Crippen LogP contribution in [0, 0.1) is 35.4 Å². The van der Waals surface area contributed by atoms with Crippen LogP contribution < -0.4 is 15.4 Å². The summed E-state index contributed by atoms with van der Waals surface area (Å²) in [5.41, 5.74) is 3.26. The summed E-state index contributed by atoms with van der Waals surface area (Å²) in [6.45, 7) is 4.26. The molecule has 1 aromatic carbocycles. The molecule has 1 atom stereocenters. The van der Waals surface area contributed by atoms with Crippen LogP contribution in [0.4, 0.5) is 15.8 Å². The molecule has 1 aliphatic carbocycles. The van der Waals surface area contributed by atoms with Crippen molar-refractivity contribution >= 4 is 22.4 Å². The lowest BCUT2D eigenvalue weighted by Crippen LogP contribution is -2.48. The molecule has 1 unspecified atom stereocenters. The number of aromatic nitrogens is 2. The number of pyridine rings is 2. The molecular weight excluding hydrogens is 511 g/mol. The van der Waals surface area contributed by atoms with Crippen molar-refractivity contribution in [2.45, 2.75) is 50.8 Å². The van der Waals surface area contributed by atoms with Gasteiger partial charge in [-0.3, -0.25) is 4.79 Å². The van der Waals surface area contributed by atoms with Crippen molar-refractivity contribution < 1.29 is 13.9 Å². The van der Waals surface area contributed by atoms with Gasteiger partial charge in [0.1, 0.15) is 34.7 Å². The number of hydrogen-bond acceptors (Lipinski definition) is 8. The molecule has 0 amide bonds. The molecule has 2 fully saturated rings. The van der Waals surface area contributed by atoms with Crippen molar-refractivity contribution in [3.63, 3.8) is 0 Å². The van der Waals surface area contributed by atoms with Crippen molar-refractivity contribution in [3.8, 4) is 12.1 Å². The van der Waals surface area contributed by atoms with Crippen LogP contribution in [-0.2, 0) is 16.5 Å². The number of hydrogen-bond donors (Lipinski definition) is 0. The largest absolute Gasteiger partial charge is 0.376 e. The first kappa shape index (κ1) is 27.6. The lowest BCUT2D eigenvalue weighted by Gasteiger charge is -2.43. The van der Waals surface area contributed by atoms with Crippen LogP contribution in [-0.4, -0.2) is 61.2 Å². The molecule has 5 rings (SSSR count). The SMILES string of the molecule is Cc1cc(F)ccc1N(CC1COCCO1)C1CCC(N(C)c2c(C#N)c(=O)n(C)c3ccc(C#N)nc23)CC1. The van der Waals surface area contributed by atoms with Gasteiger partial charge in [0, 0.05) is 38.4 Å². The van der Waals surface area contributed by atoms with E-state index >= 15 is 0 Å². The van der Waals surface area contributed by atoms with Crippen molar-refractivity contribution in [2.75, 3.05) is 43.2 Å². The number of anilines is 2. The monoisotopic (exact) mass is 544 g/mol. The predicted octanol–water partition coefficient (Wildman–Crippen LogP) is 3.79. The summed E-state index contributed by atoms with van der Waals surface area (Å²) >= 11 is 0. The molecule has 1 saturated heterocycles. The smallest absolute Gasteiger partial charge is 0.270 e. The first-order valence-corrected chi connectivity index (χ1v) is 13.6. The Morgan fingerprint density at radius 3 is 2.50 bits per heavy atom. The van der Waals surface area contributed by atoms with Gasteiger partial charge >= 0.3 is 0 Å². The van der Waals surface area contributed by atoms with Crippen LogP contribution in [0.3, 0.4) is 0 Å². The van der Waals surface area contributed by atoms with E-state index < -0.39 is 0 Å². The number of ether oxygens (including phenoxy) is 2. The van der Waals surface area contributed by atoms with Crippen molar-refractivity contribution in [1.29, 1.82) is 10.5 Å². The van der Waals surface area contributed by atoms with E-state index in [2.05, 4.69) is 22.0 Å². The normalized spacial score (nSPS) is 21.0. The van der Waals surface area contributed by atoms with E-state index in [0.717, 1.165) is 36.9 Å². The molecule has 0 spiro atoms. The number of nitrogens with zero attached hydrogens (tertiary/aromatic N) is 6. The Morgan fingerprint density at radius 1 is 1.10 bits per heavy atom. The topological polar surface area (TPSA) is 107 Å². The standard InChI is InChI=1S/C30H33FN6O3/c1-19-14-20(31)4-10-26(19)37(17-24-18-39-12-13-40-24)23-8-6-22(7-9-23)35(2)29-25(16-33)30(38)36(3)27-11-5-21(15-32)34-28(27)29/h4-5,10-11,14,22-24H,6-9,12-13,17-18H2,1-3H3. The zero-order chi connectivity index (χ0) is 28.4. The summed E-state index contributed by atoms with van der Waals surface area (Å²) in [6, 6.07) is 12.6. The molecule has 1 saturated carbocycles. The average Bonchev–Trinajstić information content (AvgIpc) is 2.98. The lowest BCUT2D eigenvalue weighted by molar-refractivity contribution is -0.0846. The van der Waals surface area contributed by atoms with Crippen LogP contribution in [0.1, 0.15) is 42.5 Å². The first-order valence-electron chi connectivity index (χ1n) is 13.6. The Kier molecular flexibility index (Phi) is 8.02. The zero-order valence-electron chi connectivity index (χ0n) is 23.1. The molecular formula is C30H33FN6O3. The third-order valence-corrected chi connectivity index (χ3v) is 8.20. The van der Waals surface area contributed by atoms with Crippen LogP contribution in [0.15, 0.2) is 35.1 Å². The Bertz CT molecular complexity index is 1540. The Balaban J connectivity index is 1.43. The van der Waals surface area contributed by atoms with Crippen molar-refractivity contribution in [3.05, 3.63) is 63.3 Å². The molecule has 3 heterocycles. The minimum atomic E-state index is -0.385. The second-order valence-corrected chi connectivity index (χ2v) is 10.6. The van der Waals surface area contributed by atoms with Gasteiger partial charge in [0.2, 0.25) is 0 Å². The predicted molar refractivity (Wildman–Crippen MR) is 150 cm³/mol. The molecule has 0 radical (unpaired) electrons. The minimum absolute atomic E-state index is 0.0280. The Labute approximate surface area is 233 Å². The second-order valence-electron chi connectivity index (χ2n) is 10.6. The van der Waals surface area contributed by atoms with Crippen LogP contribution in [0.5, 0.6) is 0 Å². The van der Waals surface area contributed by atoms with E-state index in [9.17, 15) is 19.7 Å².